The third-order valence-electron chi connectivity index (χ3n) is 6.09. The van der Waals surface area contributed by atoms with Crippen LogP contribution < -0.4 is 0 Å². The Kier molecular flexibility index (Phi) is 11.8. The molecule has 3 unspecified atom stereocenters. The predicted molar refractivity (Wildman–Crippen MR) is 155 cm³/mol. The van der Waals surface area contributed by atoms with Gasteiger partial charge in [0.1, 0.15) is 6.61 Å². The molecule has 4 nitrogen and oxygen atoms in total. The molecule has 3 atom stereocenters. The Balaban J connectivity index is 1.67. The topological polar surface area (TPSA) is 52.6 Å². The molecular weight excluding hydrogens is 472 g/mol. The summed E-state index contributed by atoms with van der Waals surface area (Å²) in [5.74, 6) is -1.49. The Morgan fingerprint density at radius 3 is 1.42 bits per heavy atom. The van der Waals surface area contributed by atoms with E-state index in [0.717, 1.165) is 16.7 Å². The van der Waals surface area contributed by atoms with Gasteiger partial charge in [0.05, 0.1) is 11.8 Å². The first-order valence-electron chi connectivity index (χ1n) is 13.2. The molecule has 0 saturated heterocycles. The Labute approximate surface area is 226 Å². The van der Waals surface area contributed by atoms with Gasteiger partial charge in [0.2, 0.25) is 0 Å². The van der Waals surface area contributed by atoms with Crippen molar-refractivity contribution in [1.29, 1.82) is 0 Å². The lowest BCUT2D eigenvalue weighted by Gasteiger charge is -2.19. The molecule has 0 aliphatic rings. The van der Waals surface area contributed by atoms with E-state index in [1.54, 1.807) is 6.08 Å². The highest BCUT2D eigenvalue weighted by Crippen LogP contribution is 2.16. The van der Waals surface area contributed by atoms with E-state index in [0.29, 0.717) is 12.8 Å². The minimum absolute atomic E-state index is 0.0532. The summed E-state index contributed by atoms with van der Waals surface area (Å²) in [6, 6.07) is 29.4. The summed E-state index contributed by atoms with van der Waals surface area (Å²) >= 11 is 0. The van der Waals surface area contributed by atoms with E-state index in [1.807, 2.05) is 135 Å². The Morgan fingerprint density at radius 2 is 1.00 bits per heavy atom. The molecular formula is C34H36O4. The average Bonchev–Trinajstić information content (AvgIpc) is 2.96. The fourth-order valence-electron chi connectivity index (χ4n) is 3.76. The van der Waals surface area contributed by atoms with Crippen LogP contribution in [0.25, 0.3) is 18.2 Å². The van der Waals surface area contributed by atoms with Crippen LogP contribution in [-0.2, 0) is 19.1 Å². The largest absolute Gasteiger partial charge is 0.461 e. The van der Waals surface area contributed by atoms with Gasteiger partial charge in [-0.25, -0.2) is 0 Å². The first kappa shape index (κ1) is 28.4. The molecule has 0 amide bonds. The molecule has 0 aliphatic carbocycles. The summed E-state index contributed by atoms with van der Waals surface area (Å²) in [5, 5.41) is 0. The second-order valence-electron chi connectivity index (χ2n) is 8.94. The molecule has 3 aromatic carbocycles. The number of carbonyl (C=O) groups excluding carboxylic acids is 2. The summed E-state index contributed by atoms with van der Waals surface area (Å²) < 4.78 is 11.5. The van der Waals surface area contributed by atoms with Gasteiger partial charge in [-0.2, -0.15) is 0 Å². The standard InChI is InChI=1S/C34H36O4/c1-3-30(23-20-27-14-8-5-9-15-27)33(35)37-26-32(25-22-29-18-12-7-13-19-29)38-34(36)31(4-2)24-21-28-16-10-6-11-17-28/h5-25,30-32H,3-4,26H2,1-2H3. The maximum absolute atomic E-state index is 13.1. The highest BCUT2D eigenvalue weighted by molar-refractivity contribution is 5.77. The molecule has 0 radical (unpaired) electrons. The Hall–Kier alpha value is -4.18. The van der Waals surface area contributed by atoms with Crippen LogP contribution in [0.3, 0.4) is 0 Å². The van der Waals surface area contributed by atoms with Crippen molar-refractivity contribution in [2.75, 3.05) is 6.61 Å². The van der Waals surface area contributed by atoms with E-state index in [1.165, 1.54) is 0 Å². The first-order valence-corrected chi connectivity index (χ1v) is 13.2. The predicted octanol–water partition coefficient (Wildman–Crippen LogP) is 7.63. The van der Waals surface area contributed by atoms with Crippen molar-refractivity contribution in [3.63, 3.8) is 0 Å². The normalized spacial score (nSPS) is 13.9. The van der Waals surface area contributed by atoms with Gasteiger partial charge in [-0.3, -0.25) is 9.59 Å². The third kappa shape index (κ3) is 9.70. The number of carbonyl (C=O) groups is 2. The van der Waals surface area contributed by atoms with Crippen molar-refractivity contribution in [1.82, 2.24) is 0 Å². The minimum atomic E-state index is -0.707. The maximum Gasteiger partial charge on any atom is 0.313 e. The van der Waals surface area contributed by atoms with Gasteiger partial charge in [-0.15, -0.1) is 0 Å². The zero-order valence-corrected chi connectivity index (χ0v) is 22.1. The number of esters is 2. The lowest BCUT2D eigenvalue weighted by molar-refractivity contribution is -0.159. The van der Waals surface area contributed by atoms with Crippen molar-refractivity contribution >= 4 is 30.2 Å². The van der Waals surface area contributed by atoms with Gasteiger partial charge >= 0.3 is 11.9 Å². The monoisotopic (exact) mass is 508 g/mol. The summed E-state index contributed by atoms with van der Waals surface area (Å²) in [4.78, 5) is 25.9. The summed E-state index contributed by atoms with van der Waals surface area (Å²) in [5.41, 5.74) is 3.00. The molecule has 3 aromatic rings. The van der Waals surface area contributed by atoms with Crippen molar-refractivity contribution < 1.29 is 19.1 Å². The van der Waals surface area contributed by atoms with Crippen LogP contribution in [-0.4, -0.2) is 24.6 Å². The summed E-state index contributed by atoms with van der Waals surface area (Å²) in [6.45, 7) is 3.84. The molecule has 0 heterocycles. The molecule has 3 rings (SSSR count). The summed E-state index contributed by atoms with van der Waals surface area (Å²) in [7, 11) is 0. The van der Waals surface area contributed by atoms with Crippen molar-refractivity contribution in [2.45, 2.75) is 32.8 Å². The van der Waals surface area contributed by atoms with Crippen LogP contribution in [0.4, 0.5) is 0 Å². The van der Waals surface area contributed by atoms with Crippen LogP contribution in [0.5, 0.6) is 0 Å². The van der Waals surface area contributed by atoms with Crippen LogP contribution in [0.2, 0.25) is 0 Å². The van der Waals surface area contributed by atoms with E-state index in [-0.39, 0.29) is 24.5 Å². The summed E-state index contributed by atoms with van der Waals surface area (Å²) in [6.07, 6.45) is 11.7. The van der Waals surface area contributed by atoms with Gasteiger partial charge in [0, 0.05) is 0 Å². The Bertz CT molecular complexity index is 1200. The average molecular weight is 509 g/mol. The van der Waals surface area contributed by atoms with Gasteiger partial charge in [0.15, 0.2) is 6.10 Å². The molecule has 0 aliphatic heterocycles. The van der Waals surface area contributed by atoms with Crippen LogP contribution in [0.15, 0.2) is 109 Å². The molecule has 4 heteroatoms. The van der Waals surface area contributed by atoms with E-state index in [9.17, 15) is 9.59 Å². The van der Waals surface area contributed by atoms with E-state index < -0.39 is 12.0 Å². The molecule has 0 N–H and O–H groups in total. The SMILES string of the molecule is CCC(C=Cc1ccccc1)C(=O)OCC(C=Cc1ccccc1)OC(=O)C(C=Cc1ccccc1)CC. The molecule has 0 aromatic heterocycles. The smallest absolute Gasteiger partial charge is 0.313 e. The van der Waals surface area contributed by atoms with Crippen LogP contribution in [0, 0.1) is 11.8 Å². The second kappa shape index (κ2) is 15.8. The highest BCUT2D eigenvalue weighted by Gasteiger charge is 2.22. The van der Waals surface area contributed by atoms with E-state index in [2.05, 4.69) is 0 Å². The van der Waals surface area contributed by atoms with Crippen molar-refractivity contribution in [3.8, 4) is 0 Å². The minimum Gasteiger partial charge on any atom is -0.461 e. The third-order valence-corrected chi connectivity index (χ3v) is 6.09. The van der Waals surface area contributed by atoms with E-state index in [4.69, 9.17) is 9.47 Å². The second-order valence-corrected chi connectivity index (χ2v) is 8.94. The zero-order chi connectivity index (χ0) is 27.0. The molecule has 0 bridgehead atoms. The number of hydrogen-bond donors (Lipinski definition) is 0. The molecule has 0 fully saturated rings. The molecule has 38 heavy (non-hydrogen) atoms. The molecule has 0 saturated carbocycles. The number of ether oxygens (including phenoxy) is 2. The number of benzene rings is 3. The highest BCUT2D eigenvalue weighted by atomic mass is 16.6. The fraction of sp³-hybridized carbons (Fsp3) is 0.235. The van der Waals surface area contributed by atoms with Crippen LogP contribution >= 0.6 is 0 Å². The van der Waals surface area contributed by atoms with E-state index >= 15 is 0 Å². The van der Waals surface area contributed by atoms with Crippen LogP contribution in [0.1, 0.15) is 43.4 Å². The van der Waals surface area contributed by atoms with Gasteiger partial charge < -0.3 is 9.47 Å². The van der Waals surface area contributed by atoms with Gasteiger partial charge in [-0.05, 0) is 35.6 Å². The van der Waals surface area contributed by atoms with Crippen molar-refractivity contribution in [2.24, 2.45) is 11.8 Å². The maximum atomic E-state index is 13.1. The molecule has 196 valence electrons. The number of hydrogen-bond acceptors (Lipinski definition) is 4. The lowest BCUT2D eigenvalue weighted by Crippen LogP contribution is -2.28. The Morgan fingerprint density at radius 1 is 0.605 bits per heavy atom. The van der Waals surface area contributed by atoms with Crippen molar-refractivity contribution in [3.05, 3.63) is 126 Å². The van der Waals surface area contributed by atoms with Gasteiger partial charge in [-0.1, -0.05) is 135 Å². The first-order chi connectivity index (χ1) is 18.6. The molecule has 0 spiro atoms. The number of rotatable bonds is 13. The quantitative estimate of drug-likeness (QED) is 0.223. The fourth-order valence-corrected chi connectivity index (χ4v) is 3.76. The lowest BCUT2D eigenvalue weighted by atomic mass is 10.0. The zero-order valence-electron chi connectivity index (χ0n) is 22.1. The van der Waals surface area contributed by atoms with Gasteiger partial charge in [0.25, 0.3) is 0 Å².